The minimum Gasteiger partial charge on any atom is -0.325 e. The van der Waals surface area contributed by atoms with E-state index in [9.17, 15) is 13.2 Å². The van der Waals surface area contributed by atoms with Gasteiger partial charge in [0.15, 0.2) is 0 Å². The first-order valence-corrected chi connectivity index (χ1v) is 9.03. The molecule has 0 radical (unpaired) electrons. The minimum atomic E-state index is -3.71. The van der Waals surface area contributed by atoms with Crippen LogP contribution in [0.15, 0.2) is 29.2 Å². The molecule has 1 aliphatic heterocycles. The van der Waals surface area contributed by atoms with Gasteiger partial charge in [0.2, 0.25) is 15.9 Å². The Morgan fingerprint density at radius 2 is 1.95 bits per heavy atom. The van der Waals surface area contributed by atoms with E-state index in [2.05, 4.69) is 17.1 Å². The third-order valence-electron chi connectivity index (χ3n) is 4.18. The number of nitrogens with two attached hydrogens (primary N) is 1. The molecule has 1 saturated heterocycles. The number of piperidine rings is 1. The SMILES string of the molecule is C[C@@H]1CCCCN1[C@H](C)C(=O)Nc1ccc(S(N)(=O)=O)cc1. The maximum Gasteiger partial charge on any atom is 0.241 e. The number of sulfonamides is 1. The molecular formula is C15H23N3O3S. The fourth-order valence-electron chi connectivity index (χ4n) is 2.82. The first-order valence-electron chi connectivity index (χ1n) is 7.48. The molecule has 1 aromatic rings. The van der Waals surface area contributed by atoms with Crippen LogP contribution in [-0.2, 0) is 14.8 Å². The van der Waals surface area contributed by atoms with Crippen LogP contribution in [0.25, 0.3) is 0 Å². The van der Waals surface area contributed by atoms with Crippen LogP contribution in [0.4, 0.5) is 5.69 Å². The van der Waals surface area contributed by atoms with E-state index in [-0.39, 0.29) is 16.8 Å². The molecule has 0 spiro atoms. The Morgan fingerprint density at radius 3 is 2.50 bits per heavy atom. The second-order valence-electron chi connectivity index (χ2n) is 5.82. The summed E-state index contributed by atoms with van der Waals surface area (Å²) in [5, 5.41) is 7.87. The number of hydrogen-bond acceptors (Lipinski definition) is 4. The molecule has 1 aliphatic rings. The van der Waals surface area contributed by atoms with Gasteiger partial charge in [0.05, 0.1) is 10.9 Å². The van der Waals surface area contributed by atoms with Crippen LogP contribution in [0, 0.1) is 0 Å². The number of amides is 1. The van der Waals surface area contributed by atoms with Crippen LogP contribution < -0.4 is 10.5 Å². The number of nitrogens with zero attached hydrogens (tertiary/aromatic N) is 1. The molecule has 0 aliphatic carbocycles. The fraction of sp³-hybridized carbons (Fsp3) is 0.533. The average molecular weight is 325 g/mol. The van der Waals surface area contributed by atoms with Crippen LogP contribution in [0.1, 0.15) is 33.1 Å². The Bertz CT molecular complexity index is 628. The topological polar surface area (TPSA) is 92.5 Å². The molecule has 6 nitrogen and oxygen atoms in total. The highest BCUT2D eigenvalue weighted by Crippen LogP contribution is 2.20. The Morgan fingerprint density at radius 1 is 1.32 bits per heavy atom. The van der Waals surface area contributed by atoms with Crippen molar-refractivity contribution >= 4 is 21.6 Å². The molecule has 0 unspecified atom stereocenters. The number of primary sulfonamides is 1. The van der Waals surface area contributed by atoms with E-state index in [0.29, 0.717) is 11.7 Å². The van der Waals surface area contributed by atoms with Crippen molar-refractivity contribution in [1.82, 2.24) is 4.90 Å². The van der Waals surface area contributed by atoms with Crippen LogP contribution >= 0.6 is 0 Å². The largest absolute Gasteiger partial charge is 0.325 e. The van der Waals surface area contributed by atoms with Gasteiger partial charge in [-0.15, -0.1) is 0 Å². The van der Waals surface area contributed by atoms with Crippen LogP contribution in [0.3, 0.4) is 0 Å². The van der Waals surface area contributed by atoms with Crippen molar-refractivity contribution in [2.45, 2.75) is 50.1 Å². The van der Waals surface area contributed by atoms with Gasteiger partial charge in [-0.2, -0.15) is 0 Å². The van der Waals surface area contributed by atoms with Crippen LogP contribution in [0.2, 0.25) is 0 Å². The predicted octanol–water partition coefficient (Wildman–Crippen LogP) is 1.54. The molecule has 2 atom stereocenters. The molecule has 122 valence electrons. The monoisotopic (exact) mass is 325 g/mol. The highest BCUT2D eigenvalue weighted by atomic mass is 32.2. The smallest absolute Gasteiger partial charge is 0.241 e. The number of rotatable bonds is 4. The summed E-state index contributed by atoms with van der Waals surface area (Å²) in [6.07, 6.45) is 3.44. The molecular weight excluding hydrogens is 302 g/mol. The van der Waals surface area contributed by atoms with Crippen LogP contribution in [-0.4, -0.2) is 37.9 Å². The van der Waals surface area contributed by atoms with E-state index in [1.165, 1.54) is 18.6 Å². The van der Waals surface area contributed by atoms with E-state index in [1.54, 1.807) is 12.1 Å². The Labute approximate surface area is 131 Å². The molecule has 22 heavy (non-hydrogen) atoms. The second kappa shape index (κ2) is 6.76. The summed E-state index contributed by atoms with van der Waals surface area (Å²) < 4.78 is 22.4. The summed E-state index contributed by atoms with van der Waals surface area (Å²) >= 11 is 0. The van der Waals surface area contributed by atoms with Gasteiger partial charge in [0, 0.05) is 11.7 Å². The molecule has 0 saturated carbocycles. The van der Waals surface area contributed by atoms with Gasteiger partial charge in [-0.25, -0.2) is 13.6 Å². The van der Waals surface area contributed by atoms with Crippen molar-refractivity contribution in [1.29, 1.82) is 0 Å². The lowest BCUT2D eigenvalue weighted by Crippen LogP contribution is -2.48. The number of likely N-dealkylation sites (tertiary alicyclic amines) is 1. The van der Waals surface area contributed by atoms with Crippen molar-refractivity contribution < 1.29 is 13.2 Å². The van der Waals surface area contributed by atoms with Gasteiger partial charge in [0.25, 0.3) is 0 Å². The van der Waals surface area contributed by atoms with E-state index >= 15 is 0 Å². The zero-order valence-corrected chi connectivity index (χ0v) is 13.8. The molecule has 7 heteroatoms. The van der Waals surface area contributed by atoms with Gasteiger partial charge in [0.1, 0.15) is 0 Å². The molecule has 0 aromatic heterocycles. The lowest BCUT2D eigenvalue weighted by molar-refractivity contribution is -0.122. The highest BCUT2D eigenvalue weighted by Gasteiger charge is 2.27. The van der Waals surface area contributed by atoms with Gasteiger partial charge < -0.3 is 5.32 Å². The second-order valence-corrected chi connectivity index (χ2v) is 7.38. The summed E-state index contributed by atoms with van der Waals surface area (Å²) in [6, 6.07) is 6.05. The molecule has 1 fully saturated rings. The first-order chi connectivity index (χ1) is 10.3. The van der Waals surface area contributed by atoms with E-state index in [1.807, 2.05) is 6.92 Å². The number of nitrogens with one attached hydrogen (secondary N) is 1. The summed E-state index contributed by atoms with van der Waals surface area (Å²) in [5.74, 6) is -0.0860. The zero-order chi connectivity index (χ0) is 16.3. The van der Waals surface area contributed by atoms with Crippen molar-refractivity contribution in [3.05, 3.63) is 24.3 Å². The van der Waals surface area contributed by atoms with Crippen molar-refractivity contribution in [2.24, 2.45) is 5.14 Å². The molecule has 1 aromatic carbocycles. The number of anilines is 1. The minimum absolute atomic E-state index is 0.0307. The summed E-state index contributed by atoms with van der Waals surface area (Å²) in [5.41, 5.74) is 0.564. The van der Waals surface area contributed by atoms with Crippen molar-refractivity contribution in [3.63, 3.8) is 0 Å². The van der Waals surface area contributed by atoms with Gasteiger partial charge in [-0.1, -0.05) is 6.42 Å². The standard InChI is InChI=1S/C15H23N3O3S/c1-11-5-3-4-10-18(11)12(2)15(19)17-13-6-8-14(9-7-13)22(16,20)21/h6-9,11-12H,3-5,10H2,1-2H3,(H,17,19)(H2,16,20,21)/t11-,12-/m1/s1. The Balaban J connectivity index is 2.02. The van der Waals surface area contributed by atoms with E-state index in [4.69, 9.17) is 5.14 Å². The number of carbonyl (C=O) groups excluding carboxylic acids is 1. The molecule has 2 rings (SSSR count). The van der Waals surface area contributed by atoms with Gasteiger partial charge in [-0.05, 0) is 57.5 Å². The molecule has 3 N–H and O–H groups in total. The maximum absolute atomic E-state index is 12.3. The van der Waals surface area contributed by atoms with Crippen LogP contribution in [0.5, 0.6) is 0 Å². The fourth-order valence-corrected chi connectivity index (χ4v) is 3.34. The highest BCUT2D eigenvalue weighted by molar-refractivity contribution is 7.89. The quantitative estimate of drug-likeness (QED) is 0.878. The predicted molar refractivity (Wildman–Crippen MR) is 85.9 cm³/mol. The third-order valence-corrected chi connectivity index (χ3v) is 5.11. The average Bonchev–Trinajstić information content (AvgIpc) is 2.46. The Hall–Kier alpha value is -1.44. The maximum atomic E-state index is 12.3. The molecule has 0 bridgehead atoms. The summed E-state index contributed by atoms with van der Waals surface area (Å²) in [7, 11) is -3.71. The van der Waals surface area contributed by atoms with Crippen molar-refractivity contribution in [3.8, 4) is 0 Å². The summed E-state index contributed by atoms with van der Waals surface area (Å²) in [4.78, 5) is 14.6. The Kier molecular flexibility index (Phi) is 5.20. The lowest BCUT2D eigenvalue weighted by Gasteiger charge is -2.37. The molecule has 1 amide bonds. The zero-order valence-electron chi connectivity index (χ0n) is 13.0. The lowest BCUT2D eigenvalue weighted by atomic mass is 10.0. The molecule has 1 heterocycles. The number of benzene rings is 1. The van der Waals surface area contributed by atoms with Gasteiger partial charge in [-0.3, -0.25) is 9.69 Å². The first kappa shape index (κ1) is 16.9. The number of hydrogen-bond donors (Lipinski definition) is 2. The normalized spacial score (nSPS) is 21.3. The van der Waals surface area contributed by atoms with E-state index < -0.39 is 10.0 Å². The summed E-state index contributed by atoms with van der Waals surface area (Å²) in [6.45, 7) is 4.97. The van der Waals surface area contributed by atoms with E-state index in [0.717, 1.165) is 19.4 Å². The van der Waals surface area contributed by atoms with Gasteiger partial charge >= 0.3 is 0 Å². The number of carbonyl (C=O) groups is 1. The van der Waals surface area contributed by atoms with Crippen molar-refractivity contribution in [2.75, 3.05) is 11.9 Å². The third kappa shape index (κ3) is 4.06.